The number of aryl methyl sites for hydroxylation is 2. The molecule has 0 bridgehead atoms. The second-order valence-electron chi connectivity index (χ2n) is 8.94. The summed E-state index contributed by atoms with van der Waals surface area (Å²) >= 11 is 1.18. The third kappa shape index (κ3) is 4.91. The van der Waals surface area contributed by atoms with Gasteiger partial charge in [0.1, 0.15) is 11.4 Å². The summed E-state index contributed by atoms with van der Waals surface area (Å²) in [4.78, 5) is 25.5. The molecule has 194 valence electrons. The SMILES string of the molecule is Cc1cc(C)nc(NS(=O)(=O)c2ccc(NC(=O)CSc3nnc4c(n3)-c3cccc5cccc-4c35)cc2)n1. The maximum absolute atomic E-state index is 12.7. The first-order valence-electron chi connectivity index (χ1n) is 11.9. The van der Waals surface area contributed by atoms with Crippen LogP contribution in [0.25, 0.3) is 33.3 Å². The van der Waals surface area contributed by atoms with Crippen LogP contribution in [0.2, 0.25) is 0 Å². The molecular formula is C27H21N7O3S2. The number of fused-ring (bicyclic) bond motifs is 3. The highest BCUT2D eigenvalue weighted by atomic mass is 32.2. The van der Waals surface area contributed by atoms with Crippen molar-refractivity contribution in [3.63, 3.8) is 0 Å². The van der Waals surface area contributed by atoms with Crippen LogP contribution in [0.15, 0.2) is 76.8 Å². The van der Waals surface area contributed by atoms with Gasteiger partial charge in [-0.1, -0.05) is 48.2 Å². The molecule has 0 saturated carbocycles. The lowest BCUT2D eigenvalue weighted by atomic mass is 10.0. The summed E-state index contributed by atoms with van der Waals surface area (Å²) in [7, 11) is -3.89. The number of benzene rings is 3. The third-order valence-electron chi connectivity index (χ3n) is 6.07. The first kappa shape index (κ1) is 24.9. The zero-order valence-electron chi connectivity index (χ0n) is 20.8. The molecule has 1 aliphatic carbocycles. The molecule has 0 saturated heterocycles. The highest BCUT2D eigenvalue weighted by molar-refractivity contribution is 7.99. The Morgan fingerprint density at radius 2 is 1.51 bits per heavy atom. The average Bonchev–Trinajstić information content (AvgIpc) is 3.22. The minimum absolute atomic E-state index is 0.00531. The van der Waals surface area contributed by atoms with Gasteiger partial charge in [0.15, 0.2) is 0 Å². The first-order valence-corrected chi connectivity index (χ1v) is 14.4. The van der Waals surface area contributed by atoms with E-state index in [0.29, 0.717) is 22.2 Å². The van der Waals surface area contributed by atoms with Crippen molar-refractivity contribution in [2.75, 3.05) is 15.8 Å². The fraction of sp³-hybridized carbons (Fsp3) is 0.111. The van der Waals surface area contributed by atoms with Crippen molar-refractivity contribution in [2.24, 2.45) is 0 Å². The molecule has 39 heavy (non-hydrogen) atoms. The maximum Gasteiger partial charge on any atom is 0.264 e. The number of amides is 1. The molecule has 0 atom stereocenters. The smallest absolute Gasteiger partial charge is 0.264 e. The second-order valence-corrected chi connectivity index (χ2v) is 11.6. The molecule has 2 N–H and O–H groups in total. The summed E-state index contributed by atoms with van der Waals surface area (Å²) in [6.45, 7) is 3.52. The molecule has 12 heteroatoms. The van der Waals surface area contributed by atoms with Crippen molar-refractivity contribution < 1.29 is 13.2 Å². The van der Waals surface area contributed by atoms with E-state index >= 15 is 0 Å². The van der Waals surface area contributed by atoms with Gasteiger partial charge in [-0.3, -0.25) is 4.79 Å². The lowest BCUT2D eigenvalue weighted by molar-refractivity contribution is -0.113. The monoisotopic (exact) mass is 555 g/mol. The normalized spacial score (nSPS) is 11.8. The quantitative estimate of drug-likeness (QED) is 0.270. The molecule has 0 aliphatic heterocycles. The van der Waals surface area contributed by atoms with Gasteiger partial charge in [-0.15, -0.1) is 10.2 Å². The zero-order chi connectivity index (χ0) is 27.1. The van der Waals surface area contributed by atoms with Gasteiger partial charge in [0.25, 0.3) is 10.0 Å². The molecule has 0 fully saturated rings. The van der Waals surface area contributed by atoms with Crippen molar-refractivity contribution >= 4 is 50.1 Å². The van der Waals surface area contributed by atoms with Gasteiger partial charge in [0, 0.05) is 33.6 Å². The minimum atomic E-state index is -3.89. The summed E-state index contributed by atoms with van der Waals surface area (Å²) in [6.07, 6.45) is 0. The molecular weight excluding hydrogens is 534 g/mol. The molecule has 0 radical (unpaired) electrons. The molecule has 1 aliphatic rings. The van der Waals surface area contributed by atoms with Crippen molar-refractivity contribution in [1.29, 1.82) is 0 Å². The molecule has 2 heterocycles. The third-order valence-corrected chi connectivity index (χ3v) is 8.25. The number of thioether (sulfide) groups is 1. The number of carbonyl (C=O) groups is 1. The molecule has 6 rings (SSSR count). The molecule has 0 spiro atoms. The number of hydrogen-bond acceptors (Lipinski definition) is 9. The molecule has 2 aromatic heterocycles. The van der Waals surface area contributed by atoms with E-state index in [0.717, 1.165) is 33.3 Å². The van der Waals surface area contributed by atoms with Crippen LogP contribution in [0.5, 0.6) is 0 Å². The Bertz CT molecular complexity index is 1850. The highest BCUT2D eigenvalue weighted by Gasteiger charge is 2.25. The summed E-state index contributed by atoms with van der Waals surface area (Å²) in [6, 6.07) is 19.7. The van der Waals surface area contributed by atoms with Crippen LogP contribution in [-0.2, 0) is 14.8 Å². The van der Waals surface area contributed by atoms with Gasteiger partial charge < -0.3 is 5.32 Å². The van der Waals surface area contributed by atoms with Crippen molar-refractivity contribution in [2.45, 2.75) is 23.9 Å². The van der Waals surface area contributed by atoms with Crippen LogP contribution in [-0.4, -0.2) is 45.2 Å². The summed E-state index contributed by atoms with van der Waals surface area (Å²) in [5, 5.41) is 14.0. The number of sulfonamides is 1. The molecule has 0 unspecified atom stereocenters. The Morgan fingerprint density at radius 3 is 2.21 bits per heavy atom. The zero-order valence-corrected chi connectivity index (χ0v) is 22.5. The summed E-state index contributed by atoms with van der Waals surface area (Å²) in [5.74, 6) is -0.221. The van der Waals surface area contributed by atoms with Crippen LogP contribution < -0.4 is 10.0 Å². The number of aromatic nitrogens is 5. The number of hydrogen-bond donors (Lipinski definition) is 2. The maximum atomic E-state index is 12.7. The second kappa shape index (κ2) is 9.71. The Labute approximate surface area is 228 Å². The predicted octanol–water partition coefficient (Wildman–Crippen LogP) is 4.61. The molecule has 5 aromatic rings. The van der Waals surface area contributed by atoms with Gasteiger partial charge in [-0.05, 0) is 49.6 Å². The lowest BCUT2D eigenvalue weighted by Gasteiger charge is -2.09. The Morgan fingerprint density at radius 1 is 0.846 bits per heavy atom. The van der Waals surface area contributed by atoms with Crippen molar-refractivity contribution in [3.8, 4) is 22.5 Å². The number of nitrogens with one attached hydrogen (secondary N) is 2. The van der Waals surface area contributed by atoms with E-state index in [2.05, 4.69) is 47.3 Å². The van der Waals surface area contributed by atoms with Gasteiger partial charge in [-0.25, -0.2) is 28.1 Å². The first-order chi connectivity index (χ1) is 18.8. The Hall–Kier alpha value is -4.42. The lowest BCUT2D eigenvalue weighted by Crippen LogP contribution is -2.16. The van der Waals surface area contributed by atoms with Gasteiger partial charge in [-0.2, -0.15) is 0 Å². The fourth-order valence-corrected chi connectivity index (χ4v) is 6.00. The number of anilines is 2. The Balaban J connectivity index is 1.10. The van der Waals surface area contributed by atoms with Crippen LogP contribution >= 0.6 is 11.8 Å². The fourth-order valence-electron chi connectivity index (χ4n) is 4.47. The van der Waals surface area contributed by atoms with E-state index in [-0.39, 0.29) is 22.5 Å². The van der Waals surface area contributed by atoms with Crippen LogP contribution in [0, 0.1) is 13.8 Å². The molecule has 10 nitrogen and oxygen atoms in total. The standard InChI is InChI=1S/C27H21N7O3S2/c1-15-13-16(2)29-26(28-15)34-39(36,37)19-11-9-18(10-12-19)30-22(35)14-38-27-31-24-20-7-3-5-17-6-4-8-21(23(17)20)25(24)32-33-27/h3-13H,14H2,1-2H3,(H,30,35)(H,28,29,34). The van der Waals surface area contributed by atoms with E-state index in [9.17, 15) is 13.2 Å². The van der Waals surface area contributed by atoms with E-state index in [1.165, 1.54) is 36.0 Å². The summed E-state index contributed by atoms with van der Waals surface area (Å²) < 4.78 is 27.8. The van der Waals surface area contributed by atoms with E-state index in [1.54, 1.807) is 19.9 Å². The van der Waals surface area contributed by atoms with E-state index < -0.39 is 10.0 Å². The minimum Gasteiger partial charge on any atom is -0.325 e. The van der Waals surface area contributed by atoms with E-state index in [1.807, 2.05) is 24.3 Å². The van der Waals surface area contributed by atoms with Crippen LogP contribution in [0.1, 0.15) is 11.4 Å². The van der Waals surface area contributed by atoms with Gasteiger partial charge >= 0.3 is 0 Å². The Kier molecular flexibility index (Phi) is 6.20. The highest BCUT2D eigenvalue weighted by Crippen LogP contribution is 2.44. The summed E-state index contributed by atoms with van der Waals surface area (Å²) in [5.41, 5.74) is 5.28. The topological polar surface area (TPSA) is 140 Å². The van der Waals surface area contributed by atoms with Crippen LogP contribution in [0.3, 0.4) is 0 Å². The van der Waals surface area contributed by atoms with Gasteiger partial charge in [0.05, 0.1) is 10.6 Å². The number of carbonyl (C=O) groups excluding carboxylic acids is 1. The average molecular weight is 556 g/mol. The molecule has 1 amide bonds. The predicted molar refractivity (Wildman–Crippen MR) is 150 cm³/mol. The van der Waals surface area contributed by atoms with Gasteiger partial charge in [0.2, 0.25) is 17.0 Å². The van der Waals surface area contributed by atoms with Crippen molar-refractivity contribution in [1.82, 2.24) is 25.1 Å². The van der Waals surface area contributed by atoms with Crippen molar-refractivity contribution in [3.05, 3.63) is 78.1 Å². The number of rotatable bonds is 7. The van der Waals surface area contributed by atoms with E-state index in [4.69, 9.17) is 0 Å². The number of nitrogens with zero attached hydrogens (tertiary/aromatic N) is 5. The van der Waals surface area contributed by atoms with Crippen LogP contribution in [0.4, 0.5) is 11.6 Å². The molecule has 3 aromatic carbocycles. The largest absolute Gasteiger partial charge is 0.325 e.